The molecule has 0 radical (unpaired) electrons. The van der Waals surface area contributed by atoms with Gasteiger partial charge in [-0.15, -0.1) is 5.10 Å². The lowest BCUT2D eigenvalue weighted by Gasteiger charge is -2.11. The molecule has 0 aliphatic heterocycles. The summed E-state index contributed by atoms with van der Waals surface area (Å²) in [5, 5.41) is 7.88. The third-order valence-corrected chi connectivity index (χ3v) is 2.32. The molecule has 8 heteroatoms. The van der Waals surface area contributed by atoms with Crippen molar-refractivity contribution in [2.24, 2.45) is 0 Å². The summed E-state index contributed by atoms with van der Waals surface area (Å²) in [7, 11) is 3.69. The summed E-state index contributed by atoms with van der Waals surface area (Å²) in [6.45, 7) is 2.83. The number of nitrogen functional groups attached to an aromatic ring is 1. The second-order valence-electron chi connectivity index (χ2n) is 4.05. The zero-order valence-electron chi connectivity index (χ0n) is 10.7. The average molecular weight is 248 g/mol. The molecular weight excluding hydrogens is 232 g/mol. The molecule has 96 valence electrons. The maximum Gasteiger partial charge on any atom is 0.230 e. The van der Waals surface area contributed by atoms with Crippen LogP contribution >= 0.6 is 0 Å². The normalized spacial score (nSPS) is 10.6. The molecule has 0 fully saturated rings. The van der Waals surface area contributed by atoms with Crippen molar-refractivity contribution in [3.8, 4) is 11.5 Å². The second-order valence-corrected chi connectivity index (χ2v) is 4.05. The molecule has 2 rings (SSSR count). The van der Waals surface area contributed by atoms with Crippen LogP contribution in [0.3, 0.4) is 0 Å². The van der Waals surface area contributed by atoms with Crippen LogP contribution in [-0.2, 0) is 6.54 Å². The first-order valence-corrected chi connectivity index (χ1v) is 5.69. The monoisotopic (exact) mass is 248 g/mol. The van der Waals surface area contributed by atoms with Crippen molar-refractivity contribution in [2.45, 2.75) is 19.9 Å². The van der Waals surface area contributed by atoms with Gasteiger partial charge in [-0.3, -0.25) is 0 Å². The Labute approximate surface area is 105 Å². The maximum atomic E-state index is 5.69. The molecule has 0 spiro atoms. The SMILES string of the molecule is CCCn1nncc1-c1nc(N)nc(N(C)C)n1. The van der Waals surface area contributed by atoms with Crippen LogP contribution in [0.2, 0.25) is 0 Å². The minimum atomic E-state index is 0.188. The van der Waals surface area contributed by atoms with Gasteiger partial charge in [0.1, 0.15) is 5.69 Å². The van der Waals surface area contributed by atoms with Crippen molar-refractivity contribution in [1.82, 2.24) is 29.9 Å². The summed E-state index contributed by atoms with van der Waals surface area (Å²) in [4.78, 5) is 14.3. The number of aryl methyl sites for hydroxylation is 1. The fourth-order valence-corrected chi connectivity index (χ4v) is 1.50. The lowest BCUT2D eigenvalue weighted by molar-refractivity contribution is 0.582. The lowest BCUT2D eigenvalue weighted by Crippen LogP contribution is -2.15. The number of anilines is 2. The summed E-state index contributed by atoms with van der Waals surface area (Å²) in [6, 6.07) is 0. The topological polar surface area (TPSA) is 98.6 Å². The molecule has 8 nitrogen and oxygen atoms in total. The van der Waals surface area contributed by atoms with Gasteiger partial charge < -0.3 is 10.6 Å². The van der Waals surface area contributed by atoms with Crippen LogP contribution in [0.4, 0.5) is 11.9 Å². The Kier molecular flexibility index (Phi) is 3.35. The van der Waals surface area contributed by atoms with E-state index < -0.39 is 0 Å². The molecule has 0 saturated heterocycles. The number of hydrogen-bond acceptors (Lipinski definition) is 7. The highest BCUT2D eigenvalue weighted by molar-refractivity contribution is 5.52. The van der Waals surface area contributed by atoms with Crippen LogP contribution in [0, 0.1) is 0 Å². The van der Waals surface area contributed by atoms with Crippen LogP contribution < -0.4 is 10.6 Å². The van der Waals surface area contributed by atoms with Gasteiger partial charge in [0.25, 0.3) is 0 Å². The van der Waals surface area contributed by atoms with Gasteiger partial charge in [-0.25, -0.2) is 4.68 Å². The maximum absolute atomic E-state index is 5.69. The highest BCUT2D eigenvalue weighted by Gasteiger charge is 2.13. The van der Waals surface area contributed by atoms with Crippen LogP contribution in [-0.4, -0.2) is 44.0 Å². The van der Waals surface area contributed by atoms with E-state index in [1.165, 1.54) is 0 Å². The smallest absolute Gasteiger partial charge is 0.230 e. The number of hydrogen-bond donors (Lipinski definition) is 1. The first-order valence-electron chi connectivity index (χ1n) is 5.69. The molecule has 0 aromatic carbocycles. The zero-order chi connectivity index (χ0) is 13.1. The standard InChI is InChI=1S/C10H16N8/c1-4-5-18-7(6-12-16-18)8-13-9(11)15-10(14-8)17(2)3/h6H,4-5H2,1-3H3,(H2,11,13,14,15). The molecule has 0 bridgehead atoms. The second kappa shape index (κ2) is 4.94. The minimum Gasteiger partial charge on any atom is -0.368 e. The molecule has 2 N–H and O–H groups in total. The van der Waals surface area contributed by atoms with Crippen molar-refractivity contribution >= 4 is 11.9 Å². The number of nitrogens with two attached hydrogens (primary N) is 1. The minimum absolute atomic E-state index is 0.188. The summed E-state index contributed by atoms with van der Waals surface area (Å²) < 4.78 is 1.76. The Morgan fingerprint density at radius 3 is 2.72 bits per heavy atom. The first-order chi connectivity index (χ1) is 8.61. The number of aromatic nitrogens is 6. The van der Waals surface area contributed by atoms with E-state index in [-0.39, 0.29) is 5.95 Å². The molecule has 2 aromatic rings. The molecule has 2 heterocycles. The van der Waals surface area contributed by atoms with Crippen LogP contribution in [0.5, 0.6) is 0 Å². The summed E-state index contributed by atoms with van der Waals surface area (Å²) >= 11 is 0. The van der Waals surface area contributed by atoms with Crippen LogP contribution in [0.1, 0.15) is 13.3 Å². The van der Waals surface area contributed by atoms with Gasteiger partial charge in [-0.2, -0.15) is 15.0 Å². The van der Waals surface area contributed by atoms with Gasteiger partial charge in [0, 0.05) is 20.6 Å². The highest BCUT2D eigenvalue weighted by Crippen LogP contribution is 2.16. The van der Waals surface area contributed by atoms with E-state index in [1.54, 1.807) is 15.8 Å². The molecule has 0 aliphatic carbocycles. The molecule has 18 heavy (non-hydrogen) atoms. The highest BCUT2D eigenvalue weighted by atomic mass is 15.4. The fourth-order valence-electron chi connectivity index (χ4n) is 1.50. The molecule has 0 amide bonds. The van der Waals surface area contributed by atoms with E-state index in [9.17, 15) is 0 Å². The van der Waals surface area contributed by atoms with Crippen molar-refractivity contribution in [3.05, 3.63) is 6.20 Å². The van der Waals surface area contributed by atoms with E-state index in [0.29, 0.717) is 11.8 Å². The first kappa shape index (κ1) is 12.2. The Morgan fingerprint density at radius 1 is 1.28 bits per heavy atom. The van der Waals surface area contributed by atoms with E-state index in [2.05, 4.69) is 32.2 Å². The van der Waals surface area contributed by atoms with E-state index in [1.807, 2.05) is 14.1 Å². The van der Waals surface area contributed by atoms with Crippen molar-refractivity contribution < 1.29 is 0 Å². The number of nitrogens with zero attached hydrogens (tertiary/aromatic N) is 7. The predicted octanol–water partition coefficient (Wildman–Crippen LogP) is 0.188. The average Bonchev–Trinajstić information content (AvgIpc) is 2.77. The summed E-state index contributed by atoms with van der Waals surface area (Å²) in [6.07, 6.45) is 2.58. The van der Waals surface area contributed by atoms with Crippen molar-refractivity contribution in [3.63, 3.8) is 0 Å². The summed E-state index contributed by atoms with van der Waals surface area (Å²) in [5.41, 5.74) is 6.43. The molecule has 0 atom stereocenters. The summed E-state index contributed by atoms with van der Waals surface area (Å²) in [5.74, 6) is 1.19. The predicted molar refractivity (Wildman–Crippen MR) is 67.9 cm³/mol. The van der Waals surface area contributed by atoms with Gasteiger partial charge in [0.05, 0.1) is 6.20 Å². The van der Waals surface area contributed by atoms with Gasteiger partial charge >= 0.3 is 0 Å². The molecule has 0 unspecified atom stereocenters. The fraction of sp³-hybridized carbons (Fsp3) is 0.500. The van der Waals surface area contributed by atoms with E-state index in [4.69, 9.17) is 5.73 Å². The molecule has 0 saturated carbocycles. The Balaban J connectivity index is 2.46. The molecule has 0 aliphatic rings. The molecular formula is C10H16N8. The van der Waals surface area contributed by atoms with Gasteiger partial charge in [0.2, 0.25) is 11.9 Å². The molecule has 2 aromatic heterocycles. The largest absolute Gasteiger partial charge is 0.368 e. The van der Waals surface area contributed by atoms with Crippen LogP contribution in [0.25, 0.3) is 11.5 Å². The van der Waals surface area contributed by atoms with E-state index in [0.717, 1.165) is 18.7 Å². The quantitative estimate of drug-likeness (QED) is 0.824. The van der Waals surface area contributed by atoms with E-state index >= 15 is 0 Å². The van der Waals surface area contributed by atoms with Crippen molar-refractivity contribution in [1.29, 1.82) is 0 Å². The van der Waals surface area contributed by atoms with Gasteiger partial charge in [-0.05, 0) is 6.42 Å². The Morgan fingerprint density at radius 2 is 2.06 bits per heavy atom. The van der Waals surface area contributed by atoms with Gasteiger partial charge in [0.15, 0.2) is 5.82 Å². The zero-order valence-corrected chi connectivity index (χ0v) is 10.7. The number of rotatable bonds is 4. The third-order valence-electron chi connectivity index (χ3n) is 2.32. The van der Waals surface area contributed by atoms with Crippen molar-refractivity contribution in [2.75, 3.05) is 24.7 Å². The Hall–Kier alpha value is -2.25. The lowest BCUT2D eigenvalue weighted by atomic mass is 10.4. The Bertz CT molecular complexity index is 532. The van der Waals surface area contributed by atoms with Gasteiger partial charge in [-0.1, -0.05) is 12.1 Å². The third kappa shape index (κ3) is 2.36. The van der Waals surface area contributed by atoms with Crippen LogP contribution in [0.15, 0.2) is 6.20 Å².